The third-order valence-corrected chi connectivity index (χ3v) is 4.96. The SMILES string of the molecule is Cc1ccc(C2CN=C(N)N2CC2CCCO2)cc1Br. The van der Waals surface area contributed by atoms with Crippen LogP contribution >= 0.6 is 15.9 Å². The molecule has 0 radical (unpaired) electrons. The highest BCUT2D eigenvalue weighted by molar-refractivity contribution is 9.10. The van der Waals surface area contributed by atoms with E-state index in [1.807, 2.05) is 0 Å². The van der Waals surface area contributed by atoms with Crippen molar-refractivity contribution in [3.63, 3.8) is 0 Å². The Kier molecular flexibility index (Phi) is 3.98. The van der Waals surface area contributed by atoms with E-state index in [2.05, 4.69) is 50.9 Å². The van der Waals surface area contributed by atoms with Crippen LogP contribution in [0.5, 0.6) is 0 Å². The molecular formula is C15H20BrN3O. The number of rotatable bonds is 3. The quantitative estimate of drug-likeness (QED) is 0.922. The summed E-state index contributed by atoms with van der Waals surface area (Å²) in [4.78, 5) is 6.61. The molecule has 2 unspecified atom stereocenters. The van der Waals surface area contributed by atoms with Gasteiger partial charge in [-0.05, 0) is 37.0 Å². The first-order chi connectivity index (χ1) is 9.65. The monoisotopic (exact) mass is 337 g/mol. The Morgan fingerprint density at radius 3 is 3.05 bits per heavy atom. The first-order valence-corrected chi connectivity index (χ1v) is 7.88. The molecule has 2 aliphatic heterocycles. The number of ether oxygens (including phenoxy) is 1. The Labute approximate surface area is 128 Å². The lowest BCUT2D eigenvalue weighted by molar-refractivity contribution is 0.0853. The van der Waals surface area contributed by atoms with E-state index in [1.54, 1.807) is 0 Å². The lowest BCUT2D eigenvalue weighted by Crippen LogP contribution is -2.41. The molecule has 0 amide bonds. The van der Waals surface area contributed by atoms with Gasteiger partial charge in [0.05, 0.1) is 18.7 Å². The van der Waals surface area contributed by atoms with Gasteiger partial charge in [-0.25, -0.2) is 0 Å². The molecule has 2 atom stereocenters. The van der Waals surface area contributed by atoms with Gasteiger partial charge >= 0.3 is 0 Å². The fourth-order valence-electron chi connectivity index (χ4n) is 2.86. The van der Waals surface area contributed by atoms with Gasteiger partial charge in [-0.15, -0.1) is 0 Å². The largest absolute Gasteiger partial charge is 0.376 e. The molecule has 4 nitrogen and oxygen atoms in total. The molecule has 0 aromatic heterocycles. The zero-order valence-corrected chi connectivity index (χ0v) is 13.3. The highest BCUT2D eigenvalue weighted by Gasteiger charge is 2.31. The van der Waals surface area contributed by atoms with Crippen LogP contribution in [-0.4, -0.2) is 36.7 Å². The van der Waals surface area contributed by atoms with Crippen molar-refractivity contribution in [2.24, 2.45) is 10.7 Å². The van der Waals surface area contributed by atoms with Gasteiger partial charge in [0.1, 0.15) is 0 Å². The number of benzene rings is 1. The number of hydrogen-bond acceptors (Lipinski definition) is 4. The number of guanidine groups is 1. The van der Waals surface area contributed by atoms with E-state index >= 15 is 0 Å². The second-order valence-electron chi connectivity index (χ2n) is 5.51. The number of aryl methyl sites for hydroxylation is 1. The van der Waals surface area contributed by atoms with E-state index in [0.717, 1.165) is 37.0 Å². The highest BCUT2D eigenvalue weighted by atomic mass is 79.9. The number of hydrogen-bond donors (Lipinski definition) is 1. The van der Waals surface area contributed by atoms with Crippen LogP contribution in [-0.2, 0) is 4.74 Å². The Balaban J connectivity index is 1.78. The summed E-state index contributed by atoms with van der Waals surface area (Å²) in [5.74, 6) is 0.641. The van der Waals surface area contributed by atoms with Gasteiger partial charge in [0.25, 0.3) is 0 Å². The van der Waals surface area contributed by atoms with Crippen LogP contribution in [0.1, 0.15) is 30.0 Å². The predicted molar refractivity (Wildman–Crippen MR) is 83.8 cm³/mol. The fourth-order valence-corrected chi connectivity index (χ4v) is 3.26. The highest BCUT2D eigenvalue weighted by Crippen LogP contribution is 2.30. The summed E-state index contributed by atoms with van der Waals surface area (Å²) in [7, 11) is 0. The molecular weight excluding hydrogens is 318 g/mol. The van der Waals surface area contributed by atoms with Crippen molar-refractivity contribution in [1.29, 1.82) is 0 Å². The molecule has 2 N–H and O–H groups in total. The molecule has 1 aromatic rings. The van der Waals surface area contributed by atoms with Gasteiger partial charge in [-0.3, -0.25) is 4.99 Å². The van der Waals surface area contributed by atoms with E-state index in [-0.39, 0.29) is 6.04 Å². The lowest BCUT2D eigenvalue weighted by atomic mass is 10.0. The zero-order valence-electron chi connectivity index (χ0n) is 11.7. The van der Waals surface area contributed by atoms with Crippen LogP contribution in [0.4, 0.5) is 0 Å². The maximum Gasteiger partial charge on any atom is 0.192 e. The first kappa shape index (κ1) is 13.9. The minimum Gasteiger partial charge on any atom is -0.376 e. The average molecular weight is 338 g/mol. The fraction of sp³-hybridized carbons (Fsp3) is 0.533. The van der Waals surface area contributed by atoms with Crippen molar-refractivity contribution in [1.82, 2.24) is 4.90 Å². The van der Waals surface area contributed by atoms with Gasteiger partial charge < -0.3 is 15.4 Å². The predicted octanol–water partition coefficient (Wildman–Crippen LogP) is 2.61. The van der Waals surface area contributed by atoms with Crippen LogP contribution in [0.25, 0.3) is 0 Å². The van der Waals surface area contributed by atoms with Crippen molar-refractivity contribution in [3.8, 4) is 0 Å². The summed E-state index contributed by atoms with van der Waals surface area (Å²) >= 11 is 3.60. The van der Waals surface area contributed by atoms with E-state index in [4.69, 9.17) is 10.5 Å². The Bertz CT molecular complexity index is 526. The second-order valence-corrected chi connectivity index (χ2v) is 6.37. The van der Waals surface area contributed by atoms with Gasteiger partial charge in [-0.1, -0.05) is 28.1 Å². The molecule has 5 heteroatoms. The summed E-state index contributed by atoms with van der Waals surface area (Å²) in [5, 5.41) is 0. The zero-order chi connectivity index (χ0) is 14.1. The Morgan fingerprint density at radius 2 is 2.35 bits per heavy atom. The van der Waals surface area contributed by atoms with Crippen molar-refractivity contribution in [2.75, 3.05) is 19.7 Å². The van der Waals surface area contributed by atoms with Gasteiger partial charge in [0.2, 0.25) is 0 Å². The van der Waals surface area contributed by atoms with Crippen LogP contribution < -0.4 is 5.73 Å². The molecule has 1 fully saturated rings. The van der Waals surface area contributed by atoms with Crippen LogP contribution in [0.15, 0.2) is 27.7 Å². The van der Waals surface area contributed by atoms with E-state index in [1.165, 1.54) is 11.1 Å². The van der Waals surface area contributed by atoms with Gasteiger partial charge in [0.15, 0.2) is 5.96 Å². The van der Waals surface area contributed by atoms with E-state index < -0.39 is 0 Å². The topological polar surface area (TPSA) is 50.8 Å². The molecule has 0 bridgehead atoms. The lowest BCUT2D eigenvalue weighted by Gasteiger charge is -2.29. The minimum absolute atomic E-state index is 0.232. The maximum absolute atomic E-state index is 6.06. The van der Waals surface area contributed by atoms with Crippen molar-refractivity contribution >= 4 is 21.9 Å². The third-order valence-electron chi connectivity index (χ3n) is 4.10. The molecule has 108 valence electrons. The molecule has 2 heterocycles. The number of halogens is 1. The van der Waals surface area contributed by atoms with Crippen molar-refractivity contribution < 1.29 is 4.74 Å². The van der Waals surface area contributed by atoms with Gasteiger partial charge in [-0.2, -0.15) is 0 Å². The molecule has 0 saturated carbocycles. The standard InChI is InChI=1S/C15H20BrN3O/c1-10-4-5-11(7-13(10)16)14-8-18-15(17)19(14)9-12-3-2-6-20-12/h4-5,7,12,14H,2-3,6,8-9H2,1H3,(H2,17,18). The summed E-state index contributed by atoms with van der Waals surface area (Å²) in [6, 6.07) is 6.71. The molecule has 0 aliphatic carbocycles. The molecule has 20 heavy (non-hydrogen) atoms. The van der Waals surface area contributed by atoms with Crippen LogP contribution in [0.2, 0.25) is 0 Å². The number of aliphatic imine (C=N–C) groups is 1. The van der Waals surface area contributed by atoms with Crippen molar-refractivity contribution in [3.05, 3.63) is 33.8 Å². The average Bonchev–Trinajstić information content (AvgIpc) is 3.05. The summed E-state index contributed by atoms with van der Waals surface area (Å²) < 4.78 is 6.87. The van der Waals surface area contributed by atoms with E-state index in [0.29, 0.717) is 12.1 Å². The number of nitrogens with two attached hydrogens (primary N) is 1. The summed E-state index contributed by atoms with van der Waals surface area (Å²) in [6.07, 6.45) is 2.56. The Hall–Kier alpha value is -1.07. The molecule has 3 rings (SSSR count). The normalized spacial score (nSPS) is 26.1. The smallest absolute Gasteiger partial charge is 0.192 e. The maximum atomic E-state index is 6.06. The van der Waals surface area contributed by atoms with Crippen molar-refractivity contribution in [2.45, 2.75) is 31.9 Å². The molecule has 2 aliphatic rings. The van der Waals surface area contributed by atoms with Gasteiger partial charge in [0, 0.05) is 17.6 Å². The first-order valence-electron chi connectivity index (χ1n) is 7.09. The molecule has 1 saturated heterocycles. The molecule has 0 spiro atoms. The van der Waals surface area contributed by atoms with E-state index in [9.17, 15) is 0 Å². The molecule has 1 aromatic carbocycles. The minimum atomic E-state index is 0.232. The van der Waals surface area contributed by atoms with Crippen LogP contribution in [0, 0.1) is 6.92 Å². The summed E-state index contributed by atoms with van der Waals surface area (Å²) in [6.45, 7) is 4.54. The second kappa shape index (κ2) is 5.74. The Morgan fingerprint density at radius 1 is 1.50 bits per heavy atom. The summed E-state index contributed by atoms with van der Waals surface area (Å²) in [5.41, 5.74) is 8.56. The number of nitrogens with zero attached hydrogens (tertiary/aromatic N) is 2. The third kappa shape index (κ3) is 2.69. The van der Waals surface area contributed by atoms with Crippen LogP contribution in [0.3, 0.4) is 0 Å².